The average molecular weight is 371 g/mol. The van der Waals surface area contributed by atoms with Crippen molar-refractivity contribution in [2.24, 2.45) is 5.92 Å². The highest BCUT2D eigenvalue weighted by Gasteiger charge is 2.21. The molecule has 1 aliphatic rings. The number of hydrogen-bond acceptors (Lipinski definition) is 0. The fraction of sp³-hybridized carbons (Fsp3) is 0.520. The molecule has 2 aromatic carbocycles. The van der Waals surface area contributed by atoms with Crippen LogP contribution in [0, 0.1) is 17.6 Å². The molecule has 27 heavy (non-hydrogen) atoms. The summed E-state index contributed by atoms with van der Waals surface area (Å²) in [6, 6.07) is 12.8. The van der Waals surface area contributed by atoms with Gasteiger partial charge in [0.1, 0.15) is 11.6 Å². The predicted octanol–water partition coefficient (Wildman–Crippen LogP) is 7.60. The summed E-state index contributed by atoms with van der Waals surface area (Å²) in [6.45, 7) is 2.27. The van der Waals surface area contributed by atoms with Gasteiger partial charge in [0.25, 0.3) is 0 Å². The highest BCUT2D eigenvalue weighted by Crippen LogP contribution is 2.37. The van der Waals surface area contributed by atoms with Crippen LogP contribution in [0.5, 0.6) is 0 Å². The van der Waals surface area contributed by atoms with Crippen molar-refractivity contribution in [3.8, 4) is 0 Å². The van der Waals surface area contributed by atoms with E-state index in [1.54, 1.807) is 6.07 Å². The minimum absolute atomic E-state index is 0.442. The molecule has 0 radical (unpaired) electrons. The number of unbranched alkanes of at least 4 members (excludes halogenated alkanes) is 2. The number of hydrogen-bond donors (Lipinski definition) is 0. The Morgan fingerprint density at radius 2 is 1.59 bits per heavy atom. The van der Waals surface area contributed by atoms with Gasteiger partial charge in [0.05, 0.1) is 0 Å². The van der Waals surface area contributed by atoms with Gasteiger partial charge in [-0.25, -0.2) is 8.78 Å². The molecule has 2 heteroatoms. The quantitative estimate of drug-likeness (QED) is 0.420. The van der Waals surface area contributed by atoms with Gasteiger partial charge < -0.3 is 0 Å². The Labute approximate surface area is 163 Å². The van der Waals surface area contributed by atoms with E-state index in [1.807, 2.05) is 0 Å². The number of benzene rings is 2. The lowest BCUT2D eigenvalue weighted by atomic mass is 9.77. The first-order valence-electron chi connectivity index (χ1n) is 10.7. The van der Waals surface area contributed by atoms with Crippen LogP contribution in [0.1, 0.15) is 80.9 Å². The molecule has 0 aliphatic heterocycles. The van der Waals surface area contributed by atoms with Crippen molar-refractivity contribution in [1.29, 1.82) is 0 Å². The lowest BCUT2D eigenvalue weighted by molar-refractivity contribution is 0.303. The molecule has 0 nitrogen and oxygen atoms in total. The SMILES string of the molecule is CCCCCC1CCC(c2ccc(CCc3ccc(F)cc3F)cc2)CC1. The summed E-state index contributed by atoms with van der Waals surface area (Å²) in [4.78, 5) is 0. The first-order valence-corrected chi connectivity index (χ1v) is 10.7. The van der Waals surface area contributed by atoms with Crippen LogP contribution in [0.25, 0.3) is 0 Å². The van der Waals surface area contributed by atoms with Crippen molar-refractivity contribution in [2.45, 2.75) is 77.0 Å². The molecule has 0 N–H and O–H groups in total. The fourth-order valence-electron chi connectivity index (χ4n) is 4.43. The third kappa shape index (κ3) is 5.89. The molecular weight excluding hydrogens is 338 g/mol. The average Bonchev–Trinajstić information content (AvgIpc) is 2.69. The van der Waals surface area contributed by atoms with Crippen LogP contribution in [0.3, 0.4) is 0 Å². The van der Waals surface area contributed by atoms with Crippen LogP contribution in [0.2, 0.25) is 0 Å². The summed E-state index contributed by atoms with van der Waals surface area (Å²) in [7, 11) is 0. The molecule has 3 rings (SSSR count). The van der Waals surface area contributed by atoms with E-state index in [0.717, 1.165) is 18.4 Å². The largest absolute Gasteiger partial charge is 0.207 e. The summed E-state index contributed by atoms with van der Waals surface area (Å²) in [6.07, 6.45) is 12.3. The van der Waals surface area contributed by atoms with E-state index in [0.29, 0.717) is 17.9 Å². The molecule has 0 aromatic heterocycles. The second-order valence-electron chi connectivity index (χ2n) is 8.19. The first-order chi connectivity index (χ1) is 13.2. The zero-order chi connectivity index (χ0) is 19.1. The van der Waals surface area contributed by atoms with Gasteiger partial charge in [-0.1, -0.05) is 62.9 Å². The second-order valence-corrected chi connectivity index (χ2v) is 8.19. The maximum atomic E-state index is 13.7. The van der Waals surface area contributed by atoms with Crippen molar-refractivity contribution < 1.29 is 8.78 Å². The molecule has 0 atom stereocenters. The van der Waals surface area contributed by atoms with Crippen molar-refractivity contribution in [2.75, 3.05) is 0 Å². The summed E-state index contributed by atoms with van der Waals surface area (Å²) in [5.41, 5.74) is 3.26. The Balaban J connectivity index is 1.47. The summed E-state index contributed by atoms with van der Waals surface area (Å²) < 4.78 is 26.7. The molecule has 1 saturated carbocycles. The molecule has 0 spiro atoms. The maximum absolute atomic E-state index is 13.7. The molecule has 2 aromatic rings. The van der Waals surface area contributed by atoms with Gasteiger partial charge in [0.2, 0.25) is 0 Å². The normalized spacial score (nSPS) is 20.0. The molecular formula is C25H32F2. The van der Waals surface area contributed by atoms with E-state index in [4.69, 9.17) is 0 Å². The van der Waals surface area contributed by atoms with Gasteiger partial charge in [-0.3, -0.25) is 0 Å². The Kier molecular flexibility index (Phi) is 7.43. The maximum Gasteiger partial charge on any atom is 0.129 e. The summed E-state index contributed by atoms with van der Waals surface area (Å²) in [5.74, 6) is 0.691. The topological polar surface area (TPSA) is 0 Å². The van der Waals surface area contributed by atoms with Crippen LogP contribution >= 0.6 is 0 Å². The van der Waals surface area contributed by atoms with Gasteiger partial charge in [0.15, 0.2) is 0 Å². The van der Waals surface area contributed by atoms with E-state index < -0.39 is 11.6 Å². The van der Waals surface area contributed by atoms with Crippen LogP contribution in [0.4, 0.5) is 8.78 Å². The van der Waals surface area contributed by atoms with Crippen LogP contribution in [0.15, 0.2) is 42.5 Å². The lowest BCUT2D eigenvalue weighted by Gasteiger charge is -2.29. The Morgan fingerprint density at radius 1 is 0.852 bits per heavy atom. The molecule has 0 bridgehead atoms. The smallest absolute Gasteiger partial charge is 0.129 e. The number of rotatable bonds is 8. The summed E-state index contributed by atoms with van der Waals surface area (Å²) in [5, 5.41) is 0. The first kappa shape index (κ1) is 20.0. The van der Waals surface area contributed by atoms with Crippen LogP contribution < -0.4 is 0 Å². The minimum atomic E-state index is -0.513. The molecule has 0 amide bonds. The van der Waals surface area contributed by atoms with Crippen molar-refractivity contribution in [1.82, 2.24) is 0 Å². The zero-order valence-corrected chi connectivity index (χ0v) is 16.5. The Bertz CT molecular complexity index is 697. The molecule has 1 aliphatic carbocycles. The molecule has 0 unspecified atom stereocenters. The van der Waals surface area contributed by atoms with Crippen molar-refractivity contribution >= 4 is 0 Å². The zero-order valence-electron chi connectivity index (χ0n) is 16.5. The van der Waals surface area contributed by atoms with Crippen molar-refractivity contribution in [3.63, 3.8) is 0 Å². The van der Waals surface area contributed by atoms with E-state index in [-0.39, 0.29) is 0 Å². The highest BCUT2D eigenvalue weighted by molar-refractivity contribution is 5.27. The number of halogens is 2. The Morgan fingerprint density at radius 3 is 2.26 bits per heavy atom. The van der Waals surface area contributed by atoms with Gasteiger partial charge in [-0.2, -0.15) is 0 Å². The lowest BCUT2D eigenvalue weighted by Crippen LogP contribution is -2.13. The van der Waals surface area contributed by atoms with E-state index in [2.05, 4.69) is 31.2 Å². The van der Waals surface area contributed by atoms with E-state index in [9.17, 15) is 8.78 Å². The molecule has 146 valence electrons. The van der Waals surface area contributed by atoms with E-state index in [1.165, 1.54) is 68.6 Å². The minimum Gasteiger partial charge on any atom is -0.207 e. The molecule has 0 saturated heterocycles. The number of aryl methyl sites for hydroxylation is 2. The summed E-state index contributed by atoms with van der Waals surface area (Å²) >= 11 is 0. The van der Waals surface area contributed by atoms with Gasteiger partial charge in [0, 0.05) is 6.07 Å². The van der Waals surface area contributed by atoms with Crippen LogP contribution in [-0.2, 0) is 12.8 Å². The monoisotopic (exact) mass is 370 g/mol. The van der Waals surface area contributed by atoms with Crippen molar-refractivity contribution in [3.05, 3.63) is 70.8 Å². The third-order valence-corrected chi connectivity index (χ3v) is 6.21. The Hall–Kier alpha value is -1.70. The predicted molar refractivity (Wildman–Crippen MR) is 109 cm³/mol. The highest BCUT2D eigenvalue weighted by atomic mass is 19.1. The standard InChI is InChI=1S/C25H32F2/c1-2-3-4-5-19-6-11-21(12-7-19)22-13-8-20(9-14-22)10-15-23-16-17-24(26)18-25(23)27/h8-9,13-14,16-19,21H,2-7,10-12,15H2,1H3. The van der Waals surface area contributed by atoms with E-state index >= 15 is 0 Å². The molecule has 0 heterocycles. The van der Waals surface area contributed by atoms with Crippen LogP contribution in [-0.4, -0.2) is 0 Å². The van der Waals surface area contributed by atoms with Gasteiger partial charge >= 0.3 is 0 Å². The van der Waals surface area contributed by atoms with Gasteiger partial charge in [-0.15, -0.1) is 0 Å². The third-order valence-electron chi connectivity index (χ3n) is 6.21. The second kappa shape index (κ2) is 10.0. The van der Waals surface area contributed by atoms with Gasteiger partial charge in [-0.05, 0) is 73.1 Å². The fourth-order valence-corrected chi connectivity index (χ4v) is 4.43. The molecule has 1 fully saturated rings.